The highest BCUT2D eigenvalue weighted by Crippen LogP contribution is 2.42. The summed E-state index contributed by atoms with van der Waals surface area (Å²) in [5.41, 5.74) is 2.64. The Kier molecular flexibility index (Phi) is 10.4. The third-order valence-electron chi connectivity index (χ3n) is 9.68. The maximum Gasteiger partial charge on any atom is 0.352 e. The summed E-state index contributed by atoms with van der Waals surface area (Å²) in [6.45, 7) is 0.651. The van der Waals surface area contributed by atoms with E-state index in [2.05, 4.69) is 34.4 Å². The SMILES string of the molecule is Cc1c(C=CC2=C(C(=O)O)N3C(=O)[C@@H](NC(=O)/C(=N\OCF)c4nsc(NC(c5ccccc5)(c5ccccc5)c5ccccc5)n4)[C@H]3SC2)sc2c[n+](C)cn12. The summed E-state index contributed by atoms with van der Waals surface area (Å²) >= 11 is 3.85. The van der Waals surface area contributed by atoms with E-state index in [-0.39, 0.29) is 17.3 Å². The summed E-state index contributed by atoms with van der Waals surface area (Å²) in [5.74, 6) is -2.65. The molecule has 5 heterocycles. The van der Waals surface area contributed by atoms with Crippen LogP contribution in [-0.2, 0) is 31.8 Å². The van der Waals surface area contributed by atoms with Crippen molar-refractivity contribution in [3.05, 3.63) is 154 Å². The fourth-order valence-electron chi connectivity index (χ4n) is 7.04. The fourth-order valence-corrected chi connectivity index (χ4v) is 10.1. The zero-order valence-corrected chi connectivity index (χ0v) is 32.9. The Morgan fingerprint density at radius 3 is 2.25 bits per heavy atom. The number of thioether (sulfide) groups is 1. The number of hydrogen-bond donors (Lipinski definition) is 3. The monoisotopic (exact) mass is 821 g/mol. The molecular formula is C40H34FN8O5S3+. The van der Waals surface area contributed by atoms with E-state index in [0.29, 0.717) is 10.7 Å². The number of amides is 2. The molecule has 0 saturated carbocycles. The number of alkyl halides is 1. The predicted molar refractivity (Wildman–Crippen MR) is 216 cm³/mol. The number of aromatic nitrogens is 4. The minimum atomic E-state index is -1.33. The number of nitrogens with one attached hydrogen (secondary N) is 2. The molecule has 0 spiro atoms. The van der Waals surface area contributed by atoms with E-state index in [0.717, 1.165) is 43.6 Å². The van der Waals surface area contributed by atoms with Crippen LogP contribution in [0, 0.1) is 6.92 Å². The van der Waals surface area contributed by atoms with Crippen molar-refractivity contribution < 1.29 is 33.3 Å². The normalized spacial score (nSPS) is 17.1. The lowest BCUT2D eigenvalue weighted by Crippen LogP contribution is -2.71. The molecule has 3 aromatic heterocycles. The molecule has 57 heavy (non-hydrogen) atoms. The Hall–Kier alpha value is -6.17. The number of halogens is 1. The highest BCUT2D eigenvalue weighted by atomic mass is 32.2. The number of fused-ring (bicyclic) bond motifs is 2. The molecule has 1 saturated heterocycles. The van der Waals surface area contributed by atoms with Crippen LogP contribution >= 0.6 is 34.6 Å². The van der Waals surface area contributed by atoms with Crippen molar-refractivity contribution in [3.63, 3.8) is 0 Å². The molecule has 8 rings (SSSR count). The number of carboxylic acid groups (broad SMARTS) is 1. The molecule has 0 aliphatic carbocycles. The minimum absolute atomic E-state index is 0.150. The zero-order chi connectivity index (χ0) is 39.7. The molecule has 0 radical (unpaired) electrons. The van der Waals surface area contributed by atoms with Crippen molar-refractivity contribution in [2.45, 2.75) is 23.9 Å². The number of hydrogen-bond acceptors (Lipinski definition) is 11. The lowest BCUT2D eigenvalue weighted by Gasteiger charge is -2.49. The molecular weight excluding hydrogens is 788 g/mol. The molecule has 2 aliphatic heterocycles. The molecule has 288 valence electrons. The molecule has 2 aliphatic rings. The van der Waals surface area contributed by atoms with Crippen LogP contribution in [0.4, 0.5) is 9.52 Å². The topological polar surface area (TPSA) is 154 Å². The molecule has 2 amide bonds. The maximum atomic E-state index is 13.8. The van der Waals surface area contributed by atoms with Gasteiger partial charge in [-0.25, -0.2) is 13.8 Å². The van der Waals surface area contributed by atoms with E-state index in [4.69, 9.17) is 0 Å². The highest BCUT2D eigenvalue weighted by molar-refractivity contribution is 8.00. The van der Waals surface area contributed by atoms with Crippen LogP contribution in [0.5, 0.6) is 0 Å². The molecule has 13 nitrogen and oxygen atoms in total. The molecule has 3 aromatic carbocycles. The van der Waals surface area contributed by atoms with Gasteiger partial charge in [0.2, 0.25) is 27.8 Å². The van der Waals surface area contributed by atoms with Gasteiger partial charge in [0.25, 0.3) is 18.7 Å². The fraction of sp³-hybridized carbons (Fsp3) is 0.175. The van der Waals surface area contributed by atoms with Gasteiger partial charge in [-0.1, -0.05) is 114 Å². The number of aryl methyl sites for hydroxylation is 2. The number of imidazole rings is 1. The van der Waals surface area contributed by atoms with E-state index in [1.165, 1.54) is 16.7 Å². The Bertz CT molecular complexity index is 2480. The quantitative estimate of drug-likeness (QED) is 0.0452. The Labute approximate surface area is 338 Å². The van der Waals surface area contributed by atoms with Crippen LogP contribution < -0.4 is 15.2 Å². The predicted octanol–water partition coefficient (Wildman–Crippen LogP) is 5.49. The second-order valence-corrected chi connectivity index (χ2v) is 16.0. The van der Waals surface area contributed by atoms with Crippen molar-refractivity contribution in [3.8, 4) is 0 Å². The number of aliphatic carboxylic acids is 1. The molecule has 17 heteroatoms. The second kappa shape index (κ2) is 15.8. The average molecular weight is 822 g/mol. The van der Waals surface area contributed by atoms with Crippen LogP contribution in [-0.4, -0.2) is 71.3 Å². The van der Waals surface area contributed by atoms with Crippen molar-refractivity contribution in [1.82, 2.24) is 24.0 Å². The van der Waals surface area contributed by atoms with Gasteiger partial charge in [-0.2, -0.15) is 13.8 Å². The lowest BCUT2D eigenvalue weighted by atomic mass is 9.77. The van der Waals surface area contributed by atoms with Gasteiger partial charge in [0, 0.05) is 17.3 Å². The Balaban J connectivity index is 1.05. The first-order valence-electron chi connectivity index (χ1n) is 17.6. The van der Waals surface area contributed by atoms with E-state index < -0.39 is 47.3 Å². The molecule has 0 unspecified atom stereocenters. The first-order chi connectivity index (χ1) is 27.7. The van der Waals surface area contributed by atoms with Crippen LogP contribution in [0.25, 0.3) is 10.9 Å². The maximum absolute atomic E-state index is 13.8. The number of thiazole rings is 1. The van der Waals surface area contributed by atoms with E-state index in [9.17, 15) is 23.9 Å². The summed E-state index contributed by atoms with van der Waals surface area (Å²) in [7, 11) is 1.94. The van der Waals surface area contributed by atoms with Crippen LogP contribution in [0.15, 0.2) is 126 Å². The summed E-state index contributed by atoms with van der Waals surface area (Å²) in [5, 5.41) is 19.8. The summed E-state index contributed by atoms with van der Waals surface area (Å²) in [4.78, 5) is 52.4. The van der Waals surface area contributed by atoms with Gasteiger partial charge in [-0.05, 0) is 35.3 Å². The number of rotatable bonds is 13. The smallest absolute Gasteiger partial charge is 0.352 e. The van der Waals surface area contributed by atoms with Crippen molar-refractivity contribution >= 4 is 74.2 Å². The number of allylic oxidation sites excluding steroid dienone is 1. The third-order valence-corrected chi connectivity index (χ3v) is 12.8. The summed E-state index contributed by atoms with van der Waals surface area (Å²) in [6, 6.07) is 28.4. The number of oxime groups is 1. The molecule has 2 atom stereocenters. The number of carbonyl (C=O) groups is 3. The number of β-lactam (4-membered cyclic amide) rings is 1. The number of carbonyl (C=O) groups excluding carboxylic acids is 2. The molecule has 6 aromatic rings. The first-order valence-corrected chi connectivity index (χ1v) is 20.2. The van der Waals surface area contributed by atoms with Crippen LogP contribution in [0.3, 0.4) is 0 Å². The van der Waals surface area contributed by atoms with Crippen molar-refractivity contribution in [1.29, 1.82) is 0 Å². The average Bonchev–Trinajstić information content (AvgIpc) is 3.93. The van der Waals surface area contributed by atoms with Gasteiger partial charge >= 0.3 is 5.97 Å². The standard InChI is InChI=1S/C40H33FN8O5S3/c1-24-29(56-30-20-47(2)23-48(24)30)19-18-25-21-55-37-32(36(51)49(37)33(25)38(52)53)42-35(50)31(45-54-22-41)34-43-39(57-46-34)44-40(26-12-6-3-7-13-26,27-14-8-4-9-15-27)28-16-10-5-11-17-28/h3-20,23,32,37H,21-22H2,1-2H3,(H2-,42,43,44,46,50,52,53)/p+1/b19-18?,45-31-/t32-,37-/m1/s1. The Morgan fingerprint density at radius 2 is 1.67 bits per heavy atom. The highest BCUT2D eigenvalue weighted by Gasteiger charge is 2.54. The van der Waals surface area contributed by atoms with Crippen LogP contribution in [0.1, 0.15) is 33.1 Å². The summed E-state index contributed by atoms with van der Waals surface area (Å²) in [6.07, 6.45) is 7.55. The van der Waals surface area contributed by atoms with Gasteiger partial charge in [0.05, 0.1) is 11.9 Å². The van der Waals surface area contributed by atoms with Crippen molar-refractivity contribution in [2.24, 2.45) is 12.2 Å². The largest absolute Gasteiger partial charge is 0.477 e. The van der Waals surface area contributed by atoms with Crippen molar-refractivity contribution in [2.75, 3.05) is 17.9 Å². The lowest BCUT2D eigenvalue weighted by molar-refractivity contribution is -0.670. The Morgan fingerprint density at radius 1 is 1.04 bits per heavy atom. The van der Waals surface area contributed by atoms with Gasteiger partial charge in [-0.15, -0.1) is 11.8 Å². The van der Waals surface area contributed by atoms with Gasteiger partial charge in [0.15, 0.2) is 0 Å². The van der Waals surface area contributed by atoms with Gasteiger partial charge < -0.3 is 20.6 Å². The molecule has 1 fully saturated rings. The molecule has 0 bridgehead atoms. The zero-order valence-electron chi connectivity index (χ0n) is 30.4. The minimum Gasteiger partial charge on any atom is -0.477 e. The summed E-state index contributed by atoms with van der Waals surface area (Å²) < 4.78 is 21.7. The third kappa shape index (κ3) is 6.98. The number of anilines is 1. The number of carboxylic acids is 1. The second-order valence-electron chi connectivity index (χ2n) is 13.1. The van der Waals surface area contributed by atoms with Gasteiger partial charge in [-0.3, -0.25) is 14.5 Å². The van der Waals surface area contributed by atoms with Crippen LogP contribution in [0.2, 0.25) is 0 Å². The van der Waals surface area contributed by atoms with Gasteiger partial charge in [0.1, 0.15) is 34.5 Å². The molecule has 3 N–H and O–H groups in total. The first kappa shape index (κ1) is 37.7. The van der Waals surface area contributed by atoms with E-state index in [1.54, 1.807) is 17.4 Å². The number of nitrogens with zero attached hydrogens (tertiary/aromatic N) is 6. The van der Waals surface area contributed by atoms with E-state index >= 15 is 0 Å². The van der Waals surface area contributed by atoms with E-state index in [1.807, 2.05) is 128 Å². The number of benzene rings is 3.